The minimum absolute atomic E-state index is 0.00109. The number of fused-ring (bicyclic) bond motifs is 3. The van der Waals surface area contributed by atoms with Gasteiger partial charge in [-0.05, 0) is 133 Å². The number of hydrogen-bond donors (Lipinski definition) is 3. The highest BCUT2D eigenvalue weighted by Crippen LogP contribution is 2.46. The largest absolute Gasteiger partial charge is 0.322 e. The van der Waals surface area contributed by atoms with E-state index in [9.17, 15) is 37.5 Å². The summed E-state index contributed by atoms with van der Waals surface area (Å²) in [6.45, 7) is 14.5. The molecule has 3 N–H and O–H groups in total. The lowest BCUT2D eigenvalue weighted by Gasteiger charge is -2.16. The monoisotopic (exact) mass is 983 g/mol. The second kappa shape index (κ2) is 19.1. The number of nitrogens with zero attached hydrogens (tertiary/aromatic N) is 6. The molecule has 0 atom stereocenters. The summed E-state index contributed by atoms with van der Waals surface area (Å²) in [5, 5.41) is 8.41. The number of benzene rings is 3. The standard InChI is InChI=1S/2C18H18FN3O2.C17H16ClN3O2/c1-10-7-12(14(19)9-20-10)16(23)21-11-5-6-13-15(8-11)22(4)17(24)18(13,2)3;1-10-5-6-11(9-20-10)16(23)21-13-8-7-12-15(14(13)19)22(4)17(24)18(12,2)3;1-17(2)11-8-12(18)13(9-14(11)21(3)16(17)23)20-15(22)10-4-6-19-7-5-10/h2*5-9H,1-4H3,(H,21,23);4-9H,1-3H3,(H,20,22). The van der Waals surface area contributed by atoms with Crippen LogP contribution in [0, 0.1) is 25.5 Å². The zero-order valence-corrected chi connectivity index (χ0v) is 41.8. The summed E-state index contributed by atoms with van der Waals surface area (Å²) in [5.74, 6) is -2.74. The summed E-state index contributed by atoms with van der Waals surface area (Å²) < 4.78 is 28.6. The lowest BCUT2D eigenvalue weighted by molar-refractivity contribution is -0.122. The van der Waals surface area contributed by atoms with Gasteiger partial charge in [0.2, 0.25) is 17.7 Å². The van der Waals surface area contributed by atoms with Crippen LogP contribution in [0.3, 0.4) is 0 Å². The molecule has 0 fully saturated rings. The molecule has 6 aromatic rings. The maximum absolute atomic E-state index is 14.9. The fourth-order valence-corrected chi connectivity index (χ4v) is 8.89. The van der Waals surface area contributed by atoms with Crippen LogP contribution in [0.5, 0.6) is 0 Å². The Morgan fingerprint density at radius 2 is 1.11 bits per heavy atom. The van der Waals surface area contributed by atoms with E-state index >= 15 is 0 Å². The predicted octanol–water partition coefficient (Wildman–Crippen LogP) is 9.31. The molecule has 3 aliphatic heterocycles. The Bertz CT molecular complexity index is 3180. The first-order valence-corrected chi connectivity index (χ1v) is 22.7. The van der Waals surface area contributed by atoms with Crippen molar-refractivity contribution in [2.75, 3.05) is 51.8 Å². The van der Waals surface area contributed by atoms with Gasteiger partial charge in [-0.3, -0.25) is 43.7 Å². The van der Waals surface area contributed by atoms with Crippen LogP contribution in [0.2, 0.25) is 5.02 Å². The van der Waals surface area contributed by atoms with Gasteiger partial charge in [0.1, 0.15) is 0 Å². The Hall–Kier alpha value is -7.92. The number of halogens is 3. The number of amides is 6. The summed E-state index contributed by atoms with van der Waals surface area (Å²) in [6.07, 6.45) is 5.57. The van der Waals surface area contributed by atoms with Gasteiger partial charge in [-0.15, -0.1) is 0 Å². The Morgan fingerprint density at radius 3 is 1.75 bits per heavy atom. The van der Waals surface area contributed by atoms with Crippen molar-refractivity contribution in [3.05, 3.63) is 159 Å². The van der Waals surface area contributed by atoms with Crippen LogP contribution >= 0.6 is 11.6 Å². The number of carbonyl (C=O) groups excluding carboxylic acids is 6. The van der Waals surface area contributed by atoms with Crippen LogP contribution < -0.4 is 30.7 Å². The minimum atomic E-state index is -0.783. The van der Waals surface area contributed by atoms with Gasteiger partial charge in [-0.25, -0.2) is 8.78 Å². The predicted molar refractivity (Wildman–Crippen MR) is 270 cm³/mol. The summed E-state index contributed by atoms with van der Waals surface area (Å²) in [4.78, 5) is 90.0. The molecule has 366 valence electrons. The Balaban J connectivity index is 0.000000157. The van der Waals surface area contributed by atoms with E-state index in [2.05, 4.69) is 30.9 Å². The van der Waals surface area contributed by atoms with Crippen molar-refractivity contribution in [1.29, 1.82) is 0 Å². The first-order valence-electron chi connectivity index (χ1n) is 22.3. The number of hydrogen-bond acceptors (Lipinski definition) is 9. The molecule has 9 rings (SSSR count). The Morgan fingerprint density at radius 1 is 0.563 bits per heavy atom. The summed E-state index contributed by atoms with van der Waals surface area (Å²) >= 11 is 6.31. The van der Waals surface area contributed by atoms with Crippen molar-refractivity contribution in [2.45, 2.75) is 71.6 Å². The van der Waals surface area contributed by atoms with Gasteiger partial charge >= 0.3 is 0 Å². The maximum Gasteiger partial charge on any atom is 0.258 e. The van der Waals surface area contributed by atoms with Crippen LogP contribution in [0.25, 0.3) is 0 Å². The third-order valence-corrected chi connectivity index (χ3v) is 13.2. The molecule has 0 radical (unpaired) electrons. The Kier molecular flexibility index (Phi) is 13.7. The summed E-state index contributed by atoms with van der Waals surface area (Å²) in [5.41, 5.74) is 5.22. The molecule has 71 heavy (non-hydrogen) atoms. The smallest absolute Gasteiger partial charge is 0.258 e. The number of carbonyl (C=O) groups is 6. The lowest BCUT2D eigenvalue weighted by Crippen LogP contribution is -2.33. The Labute approximate surface area is 414 Å². The highest BCUT2D eigenvalue weighted by atomic mass is 35.5. The number of likely N-dealkylation sites (N-methyl/N-ethyl adjacent to an activating group) is 3. The number of pyridine rings is 3. The molecule has 0 spiro atoms. The molecule has 0 saturated heterocycles. The van der Waals surface area contributed by atoms with Crippen LogP contribution in [0.15, 0.2) is 97.6 Å². The second-order valence-corrected chi connectivity index (χ2v) is 19.4. The average Bonchev–Trinajstić information content (AvgIpc) is 3.71. The highest BCUT2D eigenvalue weighted by molar-refractivity contribution is 6.34. The second-order valence-electron chi connectivity index (χ2n) is 19.0. The van der Waals surface area contributed by atoms with Crippen molar-refractivity contribution in [3.8, 4) is 0 Å². The van der Waals surface area contributed by atoms with E-state index in [1.54, 1.807) is 112 Å². The first kappa shape index (κ1) is 50.9. The van der Waals surface area contributed by atoms with Crippen LogP contribution in [0.4, 0.5) is 42.9 Å². The molecule has 0 saturated carbocycles. The fraction of sp³-hybridized carbons (Fsp3) is 0.264. The van der Waals surface area contributed by atoms with E-state index in [0.717, 1.165) is 34.4 Å². The molecule has 18 heteroatoms. The van der Waals surface area contributed by atoms with Crippen LogP contribution in [0.1, 0.15) is 101 Å². The van der Waals surface area contributed by atoms with Crippen molar-refractivity contribution in [1.82, 2.24) is 15.0 Å². The van der Waals surface area contributed by atoms with Gasteiger partial charge < -0.3 is 30.7 Å². The molecule has 6 heterocycles. The minimum Gasteiger partial charge on any atom is -0.322 e. The zero-order valence-electron chi connectivity index (χ0n) is 41.0. The van der Waals surface area contributed by atoms with E-state index in [1.165, 1.54) is 30.3 Å². The van der Waals surface area contributed by atoms with Gasteiger partial charge in [-0.1, -0.05) is 23.7 Å². The molecule has 0 unspecified atom stereocenters. The van der Waals surface area contributed by atoms with Gasteiger partial charge in [0, 0.05) is 73.7 Å². The topological polar surface area (TPSA) is 187 Å². The normalized spacial score (nSPS) is 15.4. The SMILES string of the molecule is CN1C(=O)C(C)(C)c2cc(Cl)c(NC(=O)c3ccncc3)cc21.Cc1cc(C(=O)Nc2ccc3c(c2)N(C)C(=O)C3(C)C)c(F)cn1.Cc1ccc(C(=O)Nc2ccc3c(c2F)N(C)C(=O)C3(C)C)cn1. The average molecular weight is 985 g/mol. The molecular weight excluding hydrogens is 932 g/mol. The van der Waals surface area contributed by atoms with Gasteiger partial charge in [0.15, 0.2) is 11.6 Å². The van der Waals surface area contributed by atoms with E-state index in [1.807, 2.05) is 40.7 Å². The van der Waals surface area contributed by atoms with Crippen LogP contribution in [-0.2, 0) is 30.6 Å². The van der Waals surface area contributed by atoms with Gasteiger partial charge in [0.25, 0.3) is 17.7 Å². The first-order chi connectivity index (χ1) is 33.3. The zero-order chi connectivity index (χ0) is 52.1. The number of rotatable bonds is 6. The van der Waals surface area contributed by atoms with E-state index in [4.69, 9.17) is 11.6 Å². The number of anilines is 6. The fourth-order valence-electron chi connectivity index (χ4n) is 8.68. The summed E-state index contributed by atoms with van der Waals surface area (Å²) in [6, 6.07) is 19.9. The molecule has 3 aliphatic rings. The molecule has 3 aromatic carbocycles. The molecule has 6 amide bonds. The quantitative estimate of drug-likeness (QED) is 0.146. The number of nitrogens with one attached hydrogen (secondary N) is 3. The lowest BCUT2D eigenvalue weighted by atomic mass is 9.86. The molecule has 0 bridgehead atoms. The van der Waals surface area contributed by atoms with Gasteiger partial charge in [-0.2, -0.15) is 0 Å². The molecule has 3 aromatic heterocycles. The van der Waals surface area contributed by atoms with Crippen molar-refractivity contribution in [2.24, 2.45) is 0 Å². The van der Waals surface area contributed by atoms with E-state index in [-0.39, 0.29) is 40.6 Å². The molecule has 0 aliphatic carbocycles. The van der Waals surface area contributed by atoms with Crippen molar-refractivity contribution < 1.29 is 37.5 Å². The van der Waals surface area contributed by atoms with Gasteiger partial charge in [0.05, 0.1) is 55.7 Å². The third kappa shape index (κ3) is 9.56. The van der Waals surface area contributed by atoms with Crippen LogP contribution in [-0.4, -0.2) is 71.5 Å². The molecular formula is C53H52ClF2N9O6. The number of aryl methyl sites for hydroxylation is 2. The van der Waals surface area contributed by atoms with Crippen molar-refractivity contribution in [3.63, 3.8) is 0 Å². The van der Waals surface area contributed by atoms with E-state index < -0.39 is 39.7 Å². The maximum atomic E-state index is 14.9. The van der Waals surface area contributed by atoms with Crippen molar-refractivity contribution >= 4 is 81.2 Å². The molecule has 15 nitrogen and oxygen atoms in total. The third-order valence-electron chi connectivity index (χ3n) is 12.9. The summed E-state index contributed by atoms with van der Waals surface area (Å²) in [7, 11) is 4.96. The number of aromatic nitrogens is 3. The van der Waals surface area contributed by atoms with E-state index in [0.29, 0.717) is 38.8 Å². The highest BCUT2D eigenvalue weighted by Gasteiger charge is 2.45.